The Balaban J connectivity index is 1.47. The van der Waals surface area contributed by atoms with Gasteiger partial charge in [-0.3, -0.25) is 0 Å². The van der Waals surface area contributed by atoms with Crippen molar-refractivity contribution in [2.24, 2.45) is 0 Å². The van der Waals surface area contributed by atoms with Gasteiger partial charge in [0.2, 0.25) is 0 Å². The van der Waals surface area contributed by atoms with Crippen molar-refractivity contribution < 1.29 is 4.42 Å². The molecule has 0 fully saturated rings. The van der Waals surface area contributed by atoms with E-state index in [1.165, 1.54) is 29.9 Å². The van der Waals surface area contributed by atoms with E-state index in [1.807, 2.05) is 46.9 Å². The molecule has 0 saturated heterocycles. The van der Waals surface area contributed by atoms with Crippen LogP contribution in [0.3, 0.4) is 0 Å². The van der Waals surface area contributed by atoms with Gasteiger partial charge in [-0.05, 0) is 85.7 Å². The van der Waals surface area contributed by atoms with Crippen LogP contribution < -0.4 is 0 Å². The Bertz CT molecular complexity index is 2140. The SMILES string of the molecule is Cc1ccc(-c2c3nc(cc4ccc(cc5nc(c(-c6ccc(C)cc6)c6ccc(s6)c6ccc2s6)C=C5)o4)C=C3)cc1. The number of hydrogen-bond donors (Lipinski definition) is 0. The maximum Gasteiger partial charge on any atom is 0.129 e. The summed E-state index contributed by atoms with van der Waals surface area (Å²) in [5, 5.41) is 0. The van der Waals surface area contributed by atoms with Gasteiger partial charge >= 0.3 is 0 Å². The van der Waals surface area contributed by atoms with Crippen LogP contribution in [-0.4, -0.2) is 9.97 Å². The molecule has 0 atom stereocenters. The van der Waals surface area contributed by atoms with Crippen molar-refractivity contribution in [3.8, 4) is 22.3 Å². The predicted octanol–water partition coefficient (Wildman–Crippen LogP) is 11.4. The summed E-state index contributed by atoms with van der Waals surface area (Å²) in [6.07, 6.45) is 8.33. The minimum Gasteiger partial charge on any atom is -0.457 e. The number of fused-ring (bicyclic) bond motifs is 11. The summed E-state index contributed by atoms with van der Waals surface area (Å²) in [4.78, 5) is 10.1. The fourth-order valence-electron chi connectivity index (χ4n) is 5.49. The average molecular weight is 591 g/mol. The first kappa shape index (κ1) is 25.8. The second-order valence-corrected chi connectivity index (χ2v) is 13.0. The molecule has 0 saturated carbocycles. The fraction of sp³-hybridized carbons (Fsp3) is 0.0526. The lowest BCUT2D eigenvalue weighted by Gasteiger charge is -2.04. The fourth-order valence-corrected chi connectivity index (χ4v) is 7.75. The van der Waals surface area contributed by atoms with Crippen molar-refractivity contribution >= 4 is 76.9 Å². The van der Waals surface area contributed by atoms with E-state index < -0.39 is 0 Å². The van der Waals surface area contributed by atoms with Crippen LogP contribution in [-0.2, 0) is 0 Å². The van der Waals surface area contributed by atoms with Crippen LogP contribution in [0.5, 0.6) is 0 Å². The van der Waals surface area contributed by atoms with Crippen molar-refractivity contribution in [1.29, 1.82) is 0 Å². The molecule has 0 amide bonds. The highest BCUT2D eigenvalue weighted by Gasteiger charge is 2.14. The smallest absolute Gasteiger partial charge is 0.129 e. The Hall–Kier alpha value is -4.84. The third kappa shape index (κ3) is 4.97. The Morgan fingerprint density at radius 1 is 0.465 bits per heavy atom. The molecule has 2 aromatic carbocycles. The lowest BCUT2D eigenvalue weighted by molar-refractivity contribution is 0.665. The average Bonchev–Trinajstić information content (AvgIpc) is 3.84. The van der Waals surface area contributed by atoms with Crippen LogP contribution in [0.1, 0.15) is 33.9 Å². The first-order valence-corrected chi connectivity index (χ1v) is 15.9. The van der Waals surface area contributed by atoms with Crippen LogP contribution in [0.4, 0.5) is 0 Å². The number of benzene rings is 2. The molecular weight excluding hydrogens is 565 g/mol. The highest BCUT2D eigenvalue weighted by Crippen LogP contribution is 2.39. The quantitative estimate of drug-likeness (QED) is 0.201. The zero-order valence-corrected chi connectivity index (χ0v) is 25.3. The molecule has 10 bridgehead atoms. The van der Waals surface area contributed by atoms with E-state index in [0.29, 0.717) is 0 Å². The molecule has 0 spiro atoms. The molecule has 206 valence electrons. The first-order chi connectivity index (χ1) is 21.1. The van der Waals surface area contributed by atoms with Gasteiger partial charge in [0.15, 0.2) is 0 Å². The van der Waals surface area contributed by atoms with Crippen LogP contribution in [0.15, 0.2) is 101 Å². The molecule has 5 heteroatoms. The largest absolute Gasteiger partial charge is 0.457 e. The summed E-state index contributed by atoms with van der Waals surface area (Å²) in [7, 11) is 0. The lowest BCUT2D eigenvalue weighted by Crippen LogP contribution is -1.83. The molecule has 2 aliphatic rings. The van der Waals surface area contributed by atoms with Gasteiger partial charge in [0, 0.05) is 42.1 Å². The summed E-state index contributed by atoms with van der Waals surface area (Å²) in [6, 6.07) is 34.3. The van der Waals surface area contributed by atoms with E-state index in [0.717, 1.165) is 56.2 Å². The third-order valence-corrected chi connectivity index (χ3v) is 10.1. The van der Waals surface area contributed by atoms with E-state index in [4.69, 9.17) is 14.4 Å². The Kier molecular flexibility index (Phi) is 6.28. The van der Waals surface area contributed by atoms with E-state index in [-0.39, 0.29) is 0 Å². The zero-order valence-electron chi connectivity index (χ0n) is 23.7. The Morgan fingerprint density at radius 2 is 0.884 bits per heavy atom. The van der Waals surface area contributed by atoms with Crippen molar-refractivity contribution in [1.82, 2.24) is 9.97 Å². The predicted molar refractivity (Wildman–Crippen MR) is 185 cm³/mol. The second-order valence-electron chi connectivity index (χ2n) is 10.8. The molecule has 6 heterocycles. The minimum absolute atomic E-state index is 0.758. The molecule has 6 aromatic rings. The molecule has 0 N–H and O–H groups in total. The van der Waals surface area contributed by atoms with E-state index in [2.05, 4.69) is 111 Å². The van der Waals surface area contributed by atoms with E-state index in [9.17, 15) is 0 Å². The van der Waals surface area contributed by atoms with Gasteiger partial charge in [-0.1, -0.05) is 59.7 Å². The van der Waals surface area contributed by atoms with Gasteiger partial charge < -0.3 is 4.42 Å². The molecule has 2 aliphatic heterocycles. The van der Waals surface area contributed by atoms with Crippen molar-refractivity contribution in [3.05, 3.63) is 131 Å². The highest BCUT2D eigenvalue weighted by atomic mass is 32.1. The van der Waals surface area contributed by atoms with E-state index in [1.54, 1.807) is 0 Å². The summed E-state index contributed by atoms with van der Waals surface area (Å²) >= 11 is 3.62. The van der Waals surface area contributed by atoms with Gasteiger partial charge in [0.1, 0.15) is 11.2 Å². The van der Waals surface area contributed by atoms with Gasteiger partial charge in [-0.2, -0.15) is 0 Å². The van der Waals surface area contributed by atoms with Crippen molar-refractivity contribution in [2.45, 2.75) is 13.8 Å². The number of furan rings is 1. The Labute approximate surface area is 257 Å². The lowest BCUT2D eigenvalue weighted by atomic mass is 10.0. The number of aromatic nitrogens is 2. The van der Waals surface area contributed by atoms with Crippen LogP contribution in [0, 0.1) is 13.8 Å². The maximum absolute atomic E-state index is 6.18. The van der Waals surface area contributed by atoms with Crippen LogP contribution in [0.25, 0.3) is 76.5 Å². The second kappa shape index (κ2) is 10.5. The van der Waals surface area contributed by atoms with Crippen molar-refractivity contribution in [3.63, 3.8) is 0 Å². The molecule has 4 aromatic heterocycles. The number of hydrogen-bond acceptors (Lipinski definition) is 5. The van der Waals surface area contributed by atoms with Crippen molar-refractivity contribution in [2.75, 3.05) is 0 Å². The summed E-state index contributed by atoms with van der Waals surface area (Å²) in [6.45, 7) is 4.24. The molecule has 3 nitrogen and oxygen atoms in total. The van der Waals surface area contributed by atoms with Gasteiger partial charge in [-0.15, -0.1) is 22.7 Å². The number of rotatable bonds is 2. The summed E-state index contributed by atoms with van der Waals surface area (Å²) < 4.78 is 11.0. The molecule has 43 heavy (non-hydrogen) atoms. The third-order valence-electron chi connectivity index (χ3n) is 7.69. The van der Waals surface area contributed by atoms with Gasteiger partial charge in [-0.25, -0.2) is 9.97 Å². The summed E-state index contributed by atoms with van der Waals surface area (Å²) in [5.74, 6) is 0. The molecule has 8 rings (SSSR count). The van der Waals surface area contributed by atoms with Gasteiger partial charge in [0.25, 0.3) is 0 Å². The van der Waals surface area contributed by atoms with Crippen LogP contribution in [0.2, 0.25) is 0 Å². The normalized spacial score (nSPS) is 12.2. The number of nitrogens with zero attached hydrogens (tertiary/aromatic N) is 2. The van der Waals surface area contributed by atoms with E-state index >= 15 is 0 Å². The molecular formula is C38H26N2OS2. The van der Waals surface area contributed by atoms with Crippen LogP contribution >= 0.6 is 22.7 Å². The monoisotopic (exact) mass is 590 g/mol. The maximum atomic E-state index is 6.18. The first-order valence-electron chi connectivity index (χ1n) is 14.2. The Morgan fingerprint density at radius 3 is 1.33 bits per heavy atom. The number of thiophene rings is 2. The molecule has 0 aliphatic carbocycles. The summed E-state index contributed by atoms with van der Waals surface area (Å²) in [5.41, 5.74) is 12.2. The molecule has 0 radical (unpaired) electrons. The highest BCUT2D eigenvalue weighted by molar-refractivity contribution is 7.31. The standard InChI is InChI=1S/C38H26N2OS2/c1-23-3-7-25(8-4-23)37-31-15-11-27(39-31)21-29-13-14-30(41-29)22-28-12-16-32(40-28)38(26-9-5-24(2)6-10-26)36-20-18-34(43-36)33-17-19-35(37)42-33/h3-22H,1-2H3. The number of aryl methyl sites for hydroxylation is 2. The molecule has 0 unspecified atom stereocenters. The zero-order chi connectivity index (χ0) is 28.9. The topological polar surface area (TPSA) is 38.9 Å². The minimum atomic E-state index is 0.758. The van der Waals surface area contributed by atoms with Gasteiger partial charge in [0.05, 0.1) is 22.8 Å².